The summed E-state index contributed by atoms with van der Waals surface area (Å²) in [4.78, 5) is 30.5. The Morgan fingerprint density at radius 3 is 2.24 bits per heavy atom. The molecule has 3 aromatic rings. The molecule has 0 radical (unpaired) electrons. The summed E-state index contributed by atoms with van der Waals surface area (Å²) in [6, 6.07) is 20.0. The van der Waals surface area contributed by atoms with Gasteiger partial charge in [0.25, 0.3) is 11.8 Å². The standard InChI is InChI=1S/C27H27N3O4/c1-17-9-14-23(34-5)22(15-17)28-25-24(18-10-12-21(33-4)13-11-18)26(31)30(27(25)32)20-8-6-7-19(16-20)29(2)3/h6-16,28H,1-5H3. The molecule has 7 nitrogen and oxygen atoms in total. The summed E-state index contributed by atoms with van der Waals surface area (Å²) in [5, 5.41) is 3.20. The van der Waals surface area contributed by atoms with Crippen LogP contribution in [0.5, 0.6) is 11.5 Å². The van der Waals surface area contributed by atoms with Gasteiger partial charge in [-0.2, -0.15) is 0 Å². The zero-order chi connectivity index (χ0) is 24.4. The van der Waals surface area contributed by atoms with Crippen molar-refractivity contribution in [1.29, 1.82) is 0 Å². The number of ether oxygens (including phenoxy) is 2. The number of nitrogens with zero attached hydrogens (tertiary/aromatic N) is 2. The van der Waals surface area contributed by atoms with E-state index < -0.39 is 11.8 Å². The fourth-order valence-electron chi connectivity index (χ4n) is 3.87. The number of hydrogen-bond acceptors (Lipinski definition) is 6. The van der Waals surface area contributed by atoms with E-state index in [9.17, 15) is 9.59 Å². The predicted molar refractivity (Wildman–Crippen MR) is 135 cm³/mol. The Balaban J connectivity index is 1.84. The Morgan fingerprint density at radius 1 is 0.853 bits per heavy atom. The quantitative estimate of drug-likeness (QED) is 0.528. The van der Waals surface area contributed by atoms with Gasteiger partial charge in [-0.15, -0.1) is 0 Å². The molecule has 0 aromatic heterocycles. The van der Waals surface area contributed by atoms with Crippen LogP contribution < -0.4 is 24.6 Å². The molecule has 0 unspecified atom stereocenters. The molecule has 0 bridgehead atoms. The molecule has 174 valence electrons. The summed E-state index contributed by atoms with van der Waals surface area (Å²) < 4.78 is 10.7. The number of imide groups is 1. The minimum Gasteiger partial charge on any atom is -0.497 e. The zero-order valence-corrected chi connectivity index (χ0v) is 19.9. The first kappa shape index (κ1) is 22.9. The normalized spacial score (nSPS) is 13.4. The molecule has 0 atom stereocenters. The van der Waals surface area contributed by atoms with Gasteiger partial charge in [-0.1, -0.05) is 24.3 Å². The fraction of sp³-hybridized carbons (Fsp3) is 0.185. The Kier molecular flexibility index (Phi) is 6.27. The molecule has 1 aliphatic heterocycles. The van der Waals surface area contributed by atoms with Crippen molar-refractivity contribution >= 4 is 34.4 Å². The third-order valence-electron chi connectivity index (χ3n) is 5.68. The van der Waals surface area contributed by atoms with Crippen molar-refractivity contribution in [2.75, 3.05) is 43.4 Å². The van der Waals surface area contributed by atoms with Crippen molar-refractivity contribution in [3.63, 3.8) is 0 Å². The molecule has 0 fully saturated rings. The van der Waals surface area contributed by atoms with Crippen LogP contribution in [0, 0.1) is 6.92 Å². The minimum absolute atomic E-state index is 0.189. The molecule has 3 aromatic carbocycles. The van der Waals surface area contributed by atoms with Crippen LogP contribution in [0.4, 0.5) is 17.1 Å². The van der Waals surface area contributed by atoms with Gasteiger partial charge in [0.1, 0.15) is 17.2 Å². The van der Waals surface area contributed by atoms with Crippen LogP contribution in [-0.2, 0) is 9.59 Å². The lowest BCUT2D eigenvalue weighted by Gasteiger charge is -2.19. The highest BCUT2D eigenvalue weighted by atomic mass is 16.5. The molecule has 2 amide bonds. The molecule has 1 N–H and O–H groups in total. The van der Waals surface area contributed by atoms with Crippen molar-refractivity contribution < 1.29 is 19.1 Å². The lowest BCUT2D eigenvalue weighted by Crippen LogP contribution is -2.32. The molecule has 0 saturated heterocycles. The molecular weight excluding hydrogens is 430 g/mol. The number of methoxy groups -OCH3 is 2. The molecule has 7 heteroatoms. The maximum atomic E-state index is 13.7. The van der Waals surface area contributed by atoms with E-state index in [0.717, 1.165) is 11.3 Å². The van der Waals surface area contributed by atoms with E-state index >= 15 is 0 Å². The number of anilines is 3. The van der Waals surface area contributed by atoms with Crippen LogP contribution in [0.2, 0.25) is 0 Å². The zero-order valence-electron chi connectivity index (χ0n) is 19.9. The highest BCUT2D eigenvalue weighted by Crippen LogP contribution is 2.37. The van der Waals surface area contributed by atoms with Crippen molar-refractivity contribution in [2.24, 2.45) is 0 Å². The van der Waals surface area contributed by atoms with Crippen LogP contribution in [0.15, 0.2) is 72.4 Å². The average Bonchev–Trinajstić information content (AvgIpc) is 3.08. The third kappa shape index (κ3) is 4.20. The second-order valence-electron chi connectivity index (χ2n) is 8.17. The number of benzene rings is 3. The first-order valence-corrected chi connectivity index (χ1v) is 10.8. The summed E-state index contributed by atoms with van der Waals surface area (Å²) in [5.41, 5.74) is 4.06. The molecule has 0 saturated carbocycles. The summed E-state index contributed by atoms with van der Waals surface area (Å²) in [6.45, 7) is 1.95. The Hall–Kier alpha value is -4.26. The number of hydrogen-bond donors (Lipinski definition) is 1. The summed E-state index contributed by atoms with van der Waals surface area (Å²) >= 11 is 0. The minimum atomic E-state index is -0.435. The van der Waals surface area contributed by atoms with Crippen LogP contribution in [0.3, 0.4) is 0 Å². The highest BCUT2D eigenvalue weighted by molar-refractivity contribution is 6.46. The monoisotopic (exact) mass is 457 g/mol. The first-order valence-electron chi connectivity index (χ1n) is 10.8. The van der Waals surface area contributed by atoms with Gasteiger partial charge in [-0.3, -0.25) is 9.59 Å². The second-order valence-corrected chi connectivity index (χ2v) is 8.17. The number of amides is 2. The van der Waals surface area contributed by atoms with Crippen LogP contribution >= 0.6 is 0 Å². The van der Waals surface area contributed by atoms with E-state index in [1.54, 1.807) is 44.6 Å². The molecule has 34 heavy (non-hydrogen) atoms. The van der Waals surface area contributed by atoms with E-state index in [2.05, 4.69) is 5.32 Å². The third-order valence-corrected chi connectivity index (χ3v) is 5.68. The van der Waals surface area contributed by atoms with Gasteiger partial charge in [-0.25, -0.2) is 4.90 Å². The second kappa shape index (κ2) is 9.31. The lowest BCUT2D eigenvalue weighted by molar-refractivity contribution is -0.120. The van der Waals surface area contributed by atoms with Gasteiger partial charge >= 0.3 is 0 Å². The summed E-state index contributed by atoms with van der Waals surface area (Å²) in [5.74, 6) is 0.391. The van der Waals surface area contributed by atoms with Crippen molar-refractivity contribution in [3.8, 4) is 11.5 Å². The predicted octanol–water partition coefficient (Wildman–Crippen LogP) is 4.47. The lowest BCUT2D eigenvalue weighted by atomic mass is 10.0. The molecule has 1 aliphatic rings. The van der Waals surface area contributed by atoms with Gasteiger partial charge in [0.2, 0.25) is 0 Å². The molecule has 4 rings (SSSR count). The van der Waals surface area contributed by atoms with Gasteiger partial charge < -0.3 is 19.7 Å². The largest absolute Gasteiger partial charge is 0.497 e. The van der Waals surface area contributed by atoms with Gasteiger partial charge in [-0.05, 0) is 60.5 Å². The highest BCUT2D eigenvalue weighted by Gasteiger charge is 2.40. The van der Waals surface area contributed by atoms with Crippen molar-refractivity contribution in [3.05, 3.63) is 83.6 Å². The Labute approximate surface area is 199 Å². The smallest absolute Gasteiger partial charge is 0.282 e. The number of nitrogens with one attached hydrogen (secondary N) is 1. The van der Waals surface area contributed by atoms with E-state index in [1.807, 2.05) is 62.3 Å². The SMILES string of the molecule is COc1ccc(C2=C(Nc3cc(C)ccc3OC)C(=O)N(c3cccc(N(C)C)c3)C2=O)cc1. The van der Waals surface area contributed by atoms with Crippen molar-refractivity contribution in [1.82, 2.24) is 0 Å². The summed E-state index contributed by atoms with van der Waals surface area (Å²) in [6.07, 6.45) is 0. The van der Waals surface area contributed by atoms with E-state index in [4.69, 9.17) is 9.47 Å². The molecule has 0 aliphatic carbocycles. The van der Waals surface area contributed by atoms with Crippen molar-refractivity contribution in [2.45, 2.75) is 6.92 Å². The Morgan fingerprint density at radius 2 is 1.59 bits per heavy atom. The Bertz CT molecular complexity index is 1280. The number of carbonyl (C=O) groups excluding carboxylic acids is 2. The van der Waals surface area contributed by atoms with Gasteiger partial charge in [0, 0.05) is 19.8 Å². The molecule has 0 spiro atoms. The van der Waals surface area contributed by atoms with Crippen LogP contribution in [0.1, 0.15) is 11.1 Å². The molecular formula is C27H27N3O4. The van der Waals surface area contributed by atoms with E-state index in [0.29, 0.717) is 28.4 Å². The molecule has 1 heterocycles. The average molecular weight is 458 g/mol. The maximum Gasteiger partial charge on any atom is 0.282 e. The topological polar surface area (TPSA) is 71.1 Å². The van der Waals surface area contributed by atoms with Crippen LogP contribution in [-0.4, -0.2) is 40.1 Å². The van der Waals surface area contributed by atoms with E-state index in [1.165, 1.54) is 4.90 Å². The fourth-order valence-corrected chi connectivity index (χ4v) is 3.87. The van der Waals surface area contributed by atoms with E-state index in [-0.39, 0.29) is 11.3 Å². The number of aryl methyl sites for hydroxylation is 1. The number of rotatable bonds is 7. The van der Waals surface area contributed by atoms with Crippen LogP contribution in [0.25, 0.3) is 5.57 Å². The van der Waals surface area contributed by atoms with Gasteiger partial charge in [0.05, 0.1) is 31.2 Å². The first-order chi connectivity index (χ1) is 16.3. The maximum absolute atomic E-state index is 13.7. The number of carbonyl (C=O) groups is 2. The van der Waals surface area contributed by atoms with Gasteiger partial charge in [0.15, 0.2) is 0 Å². The summed E-state index contributed by atoms with van der Waals surface area (Å²) in [7, 11) is 6.96.